The number of ether oxygens (including phenoxy) is 1. The average molecular weight is 344 g/mol. The number of hydrogen-bond acceptors (Lipinski definition) is 3. The Morgan fingerprint density at radius 1 is 1.30 bits per heavy atom. The van der Waals surface area contributed by atoms with E-state index in [4.69, 9.17) is 4.74 Å². The van der Waals surface area contributed by atoms with Crippen molar-refractivity contribution in [3.8, 4) is 0 Å². The summed E-state index contributed by atoms with van der Waals surface area (Å²) in [6, 6.07) is 2.33. The third-order valence-corrected chi connectivity index (χ3v) is 3.44. The predicted octanol–water partition coefficient (Wildman–Crippen LogP) is 2.93. The van der Waals surface area contributed by atoms with Gasteiger partial charge in [0.2, 0.25) is 0 Å². The molecular weight excluding hydrogens is 329 g/mol. The fourth-order valence-corrected chi connectivity index (χ4v) is 2.66. The predicted molar refractivity (Wildman–Crippen MR) is 76.5 cm³/mol. The smallest absolute Gasteiger partial charge is 0.299 e. The van der Waals surface area contributed by atoms with Crippen LogP contribution in [-0.4, -0.2) is 30.4 Å². The van der Waals surface area contributed by atoms with Gasteiger partial charge in [-0.15, -0.1) is 0 Å². The summed E-state index contributed by atoms with van der Waals surface area (Å²) in [6.07, 6.45) is 0. The Balaban J connectivity index is 2.25. The van der Waals surface area contributed by atoms with Crippen LogP contribution < -0.4 is 4.90 Å². The van der Waals surface area contributed by atoms with Crippen LogP contribution in [0, 0.1) is 5.82 Å². The van der Waals surface area contributed by atoms with Gasteiger partial charge in [-0.05, 0) is 48.8 Å². The van der Waals surface area contributed by atoms with Crippen molar-refractivity contribution in [1.29, 1.82) is 0 Å². The van der Waals surface area contributed by atoms with Crippen molar-refractivity contribution in [3.63, 3.8) is 0 Å². The quantitative estimate of drug-likeness (QED) is 0.792. The SMILES string of the molecule is CC(C)(C)OCCN1C(=O)C(=O)c2cc(F)cc(Br)c21. The molecule has 1 amide bonds. The molecule has 108 valence electrons. The lowest BCUT2D eigenvalue weighted by Gasteiger charge is -2.23. The van der Waals surface area contributed by atoms with E-state index in [2.05, 4.69) is 15.9 Å². The highest BCUT2D eigenvalue weighted by atomic mass is 79.9. The topological polar surface area (TPSA) is 46.6 Å². The molecule has 6 heteroatoms. The van der Waals surface area contributed by atoms with Gasteiger partial charge >= 0.3 is 0 Å². The molecule has 0 saturated heterocycles. The Kier molecular flexibility index (Phi) is 3.97. The second-order valence-corrected chi connectivity index (χ2v) is 6.38. The molecule has 1 aliphatic rings. The summed E-state index contributed by atoms with van der Waals surface area (Å²) in [5.74, 6) is -1.88. The van der Waals surface area contributed by atoms with Crippen LogP contribution in [0.5, 0.6) is 0 Å². The number of nitrogens with zero attached hydrogens (tertiary/aromatic N) is 1. The molecular formula is C14H15BrFNO3. The highest BCUT2D eigenvalue weighted by Gasteiger charge is 2.37. The summed E-state index contributed by atoms with van der Waals surface area (Å²) in [7, 11) is 0. The third kappa shape index (κ3) is 2.91. The molecule has 1 aromatic carbocycles. The van der Waals surface area contributed by atoms with E-state index in [0.717, 1.165) is 6.07 Å². The van der Waals surface area contributed by atoms with Crippen LogP contribution in [0.3, 0.4) is 0 Å². The lowest BCUT2D eigenvalue weighted by Crippen LogP contribution is -2.35. The Labute approximate surface area is 125 Å². The van der Waals surface area contributed by atoms with Crippen molar-refractivity contribution >= 4 is 33.3 Å². The molecule has 1 aromatic rings. The van der Waals surface area contributed by atoms with Gasteiger partial charge in [0.1, 0.15) is 5.82 Å². The standard InChI is InChI=1S/C14H15BrFNO3/c1-14(2,3)20-5-4-17-11-9(12(18)13(17)19)6-8(16)7-10(11)15/h6-7H,4-5H2,1-3H3. The molecule has 0 bridgehead atoms. The summed E-state index contributed by atoms with van der Waals surface area (Å²) in [5, 5.41) is 0. The second-order valence-electron chi connectivity index (χ2n) is 5.53. The van der Waals surface area contributed by atoms with Gasteiger partial charge in [0.15, 0.2) is 0 Å². The summed E-state index contributed by atoms with van der Waals surface area (Å²) in [4.78, 5) is 25.1. The van der Waals surface area contributed by atoms with Crippen molar-refractivity contribution in [1.82, 2.24) is 0 Å². The molecule has 1 heterocycles. The summed E-state index contributed by atoms with van der Waals surface area (Å²) in [5.41, 5.74) is 0.187. The highest BCUT2D eigenvalue weighted by Crippen LogP contribution is 2.36. The van der Waals surface area contributed by atoms with Gasteiger partial charge in [-0.1, -0.05) is 0 Å². The van der Waals surface area contributed by atoms with Crippen molar-refractivity contribution in [2.75, 3.05) is 18.1 Å². The number of ketones is 1. The van der Waals surface area contributed by atoms with Crippen LogP contribution in [0.2, 0.25) is 0 Å². The molecule has 0 radical (unpaired) electrons. The van der Waals surface area contributed by atoms with Crippen molar-refractivity contribution < 1.29 is 18.7 Å². The van der Waals surface area contributed by atoms with E-state index in [9.17, 15) is 14.0 Å². The molecule has 1 aliphatic heterocycles. The lowest BCUT2D eigenvalue weighted by atomic mass is 10.1. The van der Waals surface area contributed by atoms with Gasteiger partial charge in [-0.3, -0.25) is 9.59 Å². The third-order valence-electron chi connectivity index (χ3n) is 2.83. The van der Waals surface area contributed by atoms with Crippen LogP contribution in [0.15, 0.2) is 16.6 Å². The summed E-state index contributed by atoms with van der Waals surface area (Å²) in [6.45, 7) is 6.26. The molecule has 0 unspecified atom stereocenters. The molecule has 4 nitrogen and oxygen atoms in total. The number of amides is 1. The van der Waals surface area contributed by atoms with E-state index in [0.29, 0.717) is 16.8 Å². The molecule has 0 aliphatic carbocycles. The van der Waals surface area contributed by atoms with E-state index in [-0.39, 0.29) is 17.7 Å². The average Bonchev–Trinajstić information content (AvgIpc) is 2.53. The maximum Gasteiger partial charge on any atom is 0.299 e. The number of carbonyl (C=O) groups is 2. The fraction of sp³-hybridized carbons (Fsp3) is 0.429. The summed E-state index contributed by atoms with van der Waals surface area (Å²) < 4.78 is 19.3. The molecule has 0 N–H and O–H groups in total. The van der Waals surface area contributed by atoms with Crippen LogP contribution in [0.25, 0.3) is 0 Å². The first-order valence-corrected chi connectivity index (χ1v) is 6.99. The Hall–Kier alpha value is -1.27. The van der Waals surface area contributed by atoms with Crippen LogP contribution in [0.1, 0.15) is 31.1 Å². The number of benzene rings is 1. The second kappa shape index (κ2) is 5.26. The van der Waals surface area contributed by atoms with Gasteiger partial charge in [0.25, 0.3) is 11.7 Å². The first kappa shape index (κ1) is 15.1. The van der Waals surface area contributed by atoms with Gasteiger partial charge in [-0.2, -0.15) is 0 Å². The first-order valence-electron chi connectivity index (χ1n) is 6.20. The molecule has 0 aromatic heterocycles. The van der Waals surface area contributed by atoms with Crippen LogP contribution >= 0.6 is 15.9 Å². The number of anilines is 1. The molecule has 0 saturated carbocycles. The Bertz CT molecular complexity index is 581. The normalized spacial score (nSPS) is 14.9. The number of rotatable bonds is 3. The number of carbonyl (C=O) groups excluding carboxylic acids is 2. The monoisotopic (exact) mass is 343 g/mol. The zero-order chi connectivity index (χ0) is 15.1. The largest absolute Gasteiger partial charge is 0.374 e. The summed E-state index contributed by atoms with van der Waals surface area (Å²) >= 11 is 3.20. The number of hydrogen-bond donors (Lipinski definition) is 0. The minimum absolute atomic E-state index is 0.0950. The lowest BCUT2D eigenvalue weighted by molar-refractivity contribution is -0.114. The molecule has 2 rings (SSSR count). The molecule has 0 fully saturated rings. The molecule has 0 atom stereocenters. The zero-order valence-corrected chi connectivity index (χ0v) is 13.1. The minimum Gasteiger partial charge on any atom is -0.374 e. The van der Waals surface area contributed by atoms with Gasteiger partial charge in [0, 0.05) is 11.0 Å². The molecule has 0 spiro atoms. The van der Waals surface area contributed by atoms with Crippen molar-refractivity contribution in [2.45, 2.75) is 26.4 Å². The van der Waals surface area contributed by atoms with E-state index in [1.54, 1.807) is 0 Å². The van der Waals surface area contributed by atoms with Gasteiger partial charge < -0.3 is 9.64 Å². The highest BCUT2D eigenvalue weighted by molar-refractivity contribution is 9.10. The van der Waals surface area contributed by atoms with Crippen LogP contribution in [0.4, 0.5) is 10.1 Å². The molecule has 20 heavy (non-hydrogen) atoms. The van der Waals surface area contributed by atoms with E-state index in [1.165, 1.54) is 11.0 Å². The first-order chi connectivity index (χ1) is 9.20. The van der Waals surface area contributed by atoms with Gasteiger partial charge in [-0.25, -0.2) is 4.39 Å². The number of halogens is 2. The van der Waals surface area contributed by atoms with Crippen molar-refractivity contribution in [3.05, 3.63) is 28.0 Å². The zero-order valence-electron chi connectivity index (χ0n) is 11.5. The van der Waals surface area contributed by atoms with Crippen molar-refractivity contribution in [2.24, 2.45) is 0 Å². The minimum atomic E-state index is -0.684. The van der Waals surface area contributed by atoms with E-state index >= 15 is 0 Å². The van der Waals surface area contributed by atoms with Gasteiger partial charge in [0.05, 0.1) is 23.5 Å². The maximum absolute atomic E-state index is 13.3. The van der Waals surface area contributed by atoms with E-state index < -0.39 is 17.5 Å². The Morgan fingerprint density at radius 3 is 2.55 bits per heavy atom. The number of fused-ring (bicyclic) bond motifs is 1. The van der Waals surface area contributed by atoms with Crippen LogP contribution in [-0.2, 0) is 9.53 Å². The number of Topliss-reactive ketones (excluding diaryl/α,β-unsaturated/α-hetero) is 1. The van der Waals surface area contributed by atoms with E-state index in [1.807, 2.05) is 20.8 Å². The maximum atomic E-state index is 13.3. The fourth-order valence-electron chi connectivity index (χ4n) is 2.01. The Morgan fingerprint density at radius 2 is 1.95 bits per heavy atom.